The topological polar surface area (TPSA) is 29.3 Å². The van der Waals surface area contributed by atoms with Gasteiger partial charge in [-0.05, 0) is 30.5 Å². The monoisotopic (exact) mass is 220 g/mol. The van der Waals surface area contributed by atoms with Crippen molar-refractivity contribution in [1.29, 1.82) is 0 Å². The Bertz CT molecular complexity index is 307. The van der Waals surface area contributed by atoms with Crippen LogP contribution in [0, 0.1) is 5.92 Å². The lowest BCUT2D eigenvalue weighted by Gasteiger charge is -2.19. The minimum absolute atomic E-state index is 0.643. The average molecular weight is 220 g/mol. The minimum Gasteiger partial charge on any atom is -0.326 e. The second-order valence-electron chi connectivity index (χ2n) is 4.88. The van der Waals surface area contributed by atoms with Crippen LogP contribution in [0.1, 0.15) is 25.0 Å². The summed E-state index contributed by atoms with van der Waals surface area (Å²) in [6.45, 7) is 7.42. The lowest BCUT2D eigenvalue weighted by Crippen LogP contribution is -2.25. The van der Waals surface area contributed by atoms with E-state index in [1.807, 2.05) is 0 Å². The van der Waals surface area contributed by atoms with Crippen LogP contribution in [0.25, 0.3) is 0 Å². The predicted octanol–water partition coefficient (Wildman–Crippen LogP) is 2.28. The molecule has 0 saturated carbocycles. The molecular formula is C14H24N2. The van der Waals surface area contributed by atoms with Gasteiger partial charge >= 0.3 is 0 Å². The molecule has 0 heterocycles. The molecule has 0 aromatic heterocycles. The fourth-order valence-electron chi connectivity index (χ4n) is 2.03. The average Bonchev–Trinajstić information content (AvgIpc) is 2.26. The molecule has 90 valence electrons. The van der Waals surface area contributed by atoms with Crippen molar-refractivity contribution in [2.75, 3.05) is 20.1 Å². The number of nitrogens with two attached hydrogens (primary N) is 1. The Morgan fingerprint density at radius 2 is 1.81 bits per heavy atom. The molecule has 1 rings (SSSR count). The van der Waals surface area contributed by atoms with E-state index in [1.54, 1.807) is 0 Å². The summed E-state index contributed by atoms with van der Waals surface area (Å²) in [5.41, 5.74) is 8.39. The largest absolute Gasteiger partial charge is 0.326 e. The lowest BCUT2D eigenvalue weighted by molar-refractivity contribution is 0.299. The number of likely N-dealkylation sites (N-methyl/N-ethyl adjacent to an activating group) is 1. The van der Waals surface area contributed by atoms with Crippen LogP contribution in [0.3, 0.4) is 0 Å². The highest BCUT2D eigenvalue weighted by molar-refractivity contribution is 5.27. The maximum atomic E-state index is 5.72. The van der Waals surface area contributed by atoms with Gasteiger partial charge < -0.3 is 10.6 Å². The molecule has 0 fully saturated rings. The third kappa shape index (κ3) is 4.33. The standard InChI is InChI=1S/C14H24N2/c1-12(2)11-16(3)9-8-13-6-4-5-7-14(13)10-15/h4-7,12H,8-11,15H2,1-3H3. The number of hydrogen-bond acceptors (Lipinski definition) is 2. The Balaban J connectivity index is 2.47. The Labute approximate surface area is 99.5 Å². The van der Waals surface area contributed by atoms with E-state index in [-0.39, 0.29) is 0 Å². The lowest BCUT2D eigenvalue weighted by atomic mass is 10.0. The molecule has 16 heavy (non-hydrogen) atoms. The molecular weight excluding hydrogens is 196 g/mol. The maximum absolute atomic E-state index is 5.72. The summed E-state index contributed by atoms with van der Waals surface area (Å²) in [6.07, 6.45) is 1.09. The molecule has 0 aliphatic heterocycles. The summed E-state index contributed by atoms with van der Waals surface area (Å²) in [5.74, 6) is 0.731. The van der Waals surface area contributed by atoms with Crippen LogP contribution in [-0.4, -0.2) is 25.0 Å². The van der Waals surface area contributed by atoms with Gasteiger partial charge in [-0.2, -0.15) is 0 Å². The highest BCUT2D eigenvalue weighted by atomic mass is 15.1. The van der Waals surface area contributed by atoms with E-state index in [9.17, 15) is 0 Å². The van der Waals surface area contributed by atoms with Gasteiger partial charge in [0.2, 0.25) is 0 Å². The molecule has 0 amide bonds. The highest BCUT2D eigenvalue weighted by Crippen LogP contribution is 2.09. The van der Waals surface area contributed by atoms with Gasteiger partial charge in [0.25, 0.3) is 0 Å². The number of hydrogen-bond donors (Lipinski definition) is 1. The molecule has 0 bridgehead atoms. The second kappa shape index (κ2) is 6.66. The van der Waals surface area contributed by atoms with Crippen molar-refractivity contribution >= 4 is 0 Å². The molecule has 2 N–H and O–H groups in total. The number of benzene rings is 1. The van der Waals surface area contributed by atoms with Gasteiger partial charge in [0, 0.05) is 19.6 Å². The molecule has 0 unspecified atom stereocenters. The van der Waals surface area contributed by atoms with Gasteiger partial charge in [-0.25, -0.2) is 0 Å². The molecule has 0 atom stereocenters. The summed E-state index contributed by atoms with van der Waals surface area (Å²) < 4.78 is 0. The molecule has 0 saturated heterocycles. The molecule has 0 aliphatic carbocycles. The third-order valence-corrected chi connectivity index (χ3v) is 2.78. The summed E-state index contributed by atoms with van der Waals surface area (Å²) in [5, 5.41) is 0. The van der Waals surface area contributed by atoms with E-state index >= 15 is 0 Å². The Hall–Kier alpha value is -0.860. The fraction of sp³-hybridized carbons (Fsp3) is 0.571. The van der Waals surface area contributed by atoms with Crippen LogP contribution >= 0.6 is 0 Å². The molecule has 2 heteroatoms. The quantitative estimate of drug-likeness (QED) is 0.797. The molecule has 0 radical (unpaired) electrons. The van der Waals surface area contributed by atoms with Crippen molar-refractivity contribution in [2.45, 2.75) is 26.8 Å². The number of nitrogens with zero attached hydrogens (tertiary/aromatic N) is 1. The Morgan fingerprint density at radius 1 is 1.19 bits per heavy atom. The van der Waals surface area contributed by atoms with E-state index in [2.05, 4.69) is 50.1 Å². The molecule has 2 nitrogen and oxygen atoms in total. The molecule has 1 aromatic rings. The summed E-state index contributed by atoms with van der Waals surface area (Å²) in [4.78, 5) is 2.39. The SMILES string of the molecule is CC(C)CN(C)CCc1ccccc1CN. The van der Waals surface area contributed by atoms with Gasteiger partial charge in [0.05, 0.1) is 0 Å². The second-order valence-corrected chi connectivity index (χ2v) is 4.88. The summed E-state index contributed by atoms with van der Waals surface area (Å²) >= 11 is 0. The van der Waals surface area contributed by atoms with E-state index < -0.39 is 0 Å². The van der Waals surface area contributed by atoms with Crippen molar-refractivity contribution in [3.05, 3.63) is 35.4 Å². The van der Waals surface area contributed by atoms with Crippen LogP contribution < -0.4 is 5.73 Å². The zero-order valence-corrected chi connectivity index (χ0v) is 10.7. The van der Waals surface area contributed by atoms with Crippen LogP contribution in [0.5, 0.6) is 0 Å². The van der Waals surface area contributed by atoms with Gasteiger partial charge in [0.15, 0.2) is 0 Å². The Morgan fingerprint density at radius 3 is 2.38 bits per heavy atom. The van der Waals surface area contributed by atoms with Crippen LogP contribution in [0.15, 0.2) is 24.3 Å². The first-order valence-electron chi connectivity index (χ1n) is 6.09. The van der Waals surface area contributed by atoms with Crippen molar-refractivity contribution in [3.8, 4) is 0 Å². The van der Waals surface area contributed by atoms with Gasteiger partial charge in [-0.15, -0.1) is 0 Å². The van der Waals surface area contributed by atoms with Gasteiger partial charge in [-0.1, -0.05) is 38.1 Å². The summed E-state index contributed by atoms with van der Waals surface area (Å²) in [7, 11) is 2.19. The first kappa shape index (κ1) is 13.2. The van der Waals surface area contributed by atoms with Crippen LogP contribution in [-0.2, 0) is 13.0 Å². The van der Waals surface area contributed by atoms with Crippen molar-refractivity contribution in [3.63, 3.8) is 0 Å². The zero-order valence-electron chi connectivity index (χ0n) is 10.7. The first-order valence-corrected chi connectivity index (χ1v) is 6.09. The van der Waals surface area contributed by atoms with E-state index in [0.717, 1.165) is 25.4 Å². The van der Waals surface area contributed by atoms with E-state index in [0.29, 0.717) is 6.54 Å². The normalized spacial score (nSPS) is 11.4. The van der Waals surface area contributed by atoms with Crippen LogP contribution in [0.4, 0.5) is 0 Å². The van der Waals surface area contributed by atoms with Gasteiger partial charge in [-0.3, -0.25) is 0 Å². The minimum atomic E-state index is 0.643. The van der Waals surface area contributed by atoms with Crippen LogP contribution in [0.2, 0.25) is 0 Å². The Kier molecular flexibility index (Phi) is 5.50. The third-order valence-electron chi connectivity index (χ3n) is 2.78. The zero-order chi connectivity index (χ0) is 12.0. The fourth-order valence-corrected chi connectivity index (χ4v) is 2.03. The first-order chi connectivity index (χ1) is 7.63. The number of rotatable bonds is 6. The van der Waals surface area contributed by atoms with E-state index in [4.69, 9.17) is 5.73 Å². The summed E-state index contributed by atoms with van der Waals surface area (Å²) in [6, 6.07) is 8.46. The maximum Gasteiger partial charge on any atom is 0.0180 e. The van der Waals surface area contributed by atoms with Crippen molar-refractivity contribution in [1.82, 2.24) is 4.90 Å². The van der Waals surface area contributed by atoms with Crippen molar-refractivity contribution in [2.24, 2.45) is 11.7 Å². The van der Waals surface area contributed by atoms with Gasteiger partial charge in [0.1, 0.15) is 0 Å². The highest BCUT2D eigenvalue weighted by Gasteiger charge is 2.04. The molecule has 0 spiro atoms. The molecule has 0 aliphatic rings. The predicted molar refractivity (Wildman–Crippen MR) is 70.4 cm³/mol. The molecule has 1 aromatic carbocycles. The van der Waals surface area contributed by atoms with E-state index in [1.165, 1.54) is 11.1 Å². The smallest absolute Gasteiger partial charge is 0.0180 e. The van der Waals surface area contributed by atoms with Crippen molar-refractivity contribution < 1.29 is 0 Å².